The molecule has 2 saturated carbocycles. The van der Waals surface area contributed by atoms with Crippen molar-refractivity contribution < 1.29 is 0 Å². The van der Waals surface area contributed by atoms with Crippen LogP contribution in [-0.4, -0.2) is 0 Å². The third-order valence-electron chi connectivity index (χ3n) is 3.05. The lowest BCUT2D eigenvalue weighted by molar-refractivity contribution is 0.208. The Kier molecular flexibility index (Phi) is 0.778. The van der Waals surface area contributed by atoms with Gasteiger partial charge >= 0.3 is 0 Å². The van der Waals surface area contributed by atoms with E-state index in [1.807, 2.05) is 0 Å². The summed E-state index contributed by atoms with van der Waals surface area (Å²) in [5.74, 6) is 4.32. The van der Waals surface area contributed by atoms with E-state index >= 15 is 0 Å². The second-order valence-corrected chi connectivity index (χ2v) is 3.33. The summed E-state index contributed by atoms with van der Waals surface area (Å²) in [4.78, 5) is 0. The zero-order valence-corrected chi connectivity index (χ0v) is 5.59. The maximum absolute atomic E-state index is 2.39. The van der Waals surface area contributed by atoms with Gasteiger partial charge in [0.2, 0.25) is 0 Å². The van der Waals surface area contributed by atoms with Gasteiger partial charge in [-0.1, -0.05) is 18.8 Å². The third-order valence-corrected chi connectivity index (χ3v) is 3.05. The number of hydrogen-bond donors (Lipinski definition) is 0. The van der Waals surface area contributed by atoms with Crippen LogP contribution in [0.15, 0.2) is 0 Å². The van der Waals surface area contributed by atoms with Crippen LogP contribution in [0.25, 0.3) is 0 Å². The summed E-state index contributed by atoms with van der Waals surface area (Å²) in [7, 11) is 0. The lowest BCUT2D eigenvalue weighted by Gasteiger charge is -2.39. The minimum Gasteiger partial charge on any atom is -0.328 e. The molecule has 0 bridgehead atoms. The summed E-state index contributed by atoms with van der Waals surface area (Å²) in [6, 6.07) is 0. The molecular formula is C8H13-. The lowest BCUT2D eigenvalue weighted by Crippen LogP contribution is -2.26. The third kappa shape index (κ3) is 0.375. The van der Waals surface area contributed by atoms with Crippen LogP contribution in [0, 0.1) is 30.1 Å². The van der Waals surface area contributed by atoms with Gasteiger partial charge in [-0.25, -0.2) is 0 Å². The molecule has 0 aromatic heterocycles. The lowest BCUT2D eigenvalue weighted by atomic mass is 9.74. The van der Waals surface area contributed by atoms with E-state index in [4.69, 9.17) is 0 Å². The maximum Gasteiger partial charge on any atom is -0.0402 e. The fraction of sp³-hybridized carbons (Fsp3) is 0.875. The van der Waals surface area contributed by atoms with Crippen LogP contribution in [0.1, 0.15) is 20.3 Å². The van der Waals surface area contributed by atoms with Crippen molar-refractivity contribution in [3.05, 3.63) is 6.42 Å². The summed E-state index contributed by atoms with van der Waals surface area (Å²) in [5.41, 5.74) is 0. The smallest absolute Gasteiger partial charge is 0.0402 e. The molecule has 0 heterocycles. The van der Waals surface area contributed by atoms with Crippen LogP contribution < -0.4 is 0 Å². The first-order valence-corrected chi connectivity index (χ1v) is 3.64. The molecule has 2 rings (SSSR count). The monoisotopic (exact) mass is 109 g/mol. The van der Waals surface area contributed by atoms with Crippen molar-refractivity contribution in [1.29, 1.82) is 0 Å². The largest absolute Gasteiger partial charge is 0.328 e. The van der Waals surface area contributed by atoms with Crippen molar-refractivity contribution in [2.45, 2.75) is 20.3 Å². The fourth-order valence-corrected chi connectivity index (χ4v) is 2.36. The quantitative estimate of drug-likeness (QED) is 0.452. The van der Waals surface area contributed by atoms with Crippen molar-refractivity contribution >= 4 is 0 Å². The normalized spacial score (nSPS) is 59.2. The molecule has 0 aromatic rings. The van der Waals surface area contributed by atoms with Gasteiger partial charge in [-0.2, -0.15) is 12.8 Å². The Bertz CT molecular complexity index is 107. The first kappa shape index (κ1) is 4.84. The highest BCUT2D eigenvalue weighted by Gasteiger charge is 2.53. The second-order valence-electron chi connectivity index (χ2n) is 3.33. The van der Waals surface area contributed by atoms with E-state index in [0.29, 0.717) is 0 Å². The van der Waals surface area contributed by atoms with Gasteiger partial charge in [-0.3, -0.25) is 0 Å². The predicted octanol–water partition coefficient (Wildman–Crippen LogP) is 2.11. The molecule has 4 unspecified atom stereocenters. The Morgan fingerprint density at radius 3 is 2.38 bits per heavy atom. The fourth-order valence-electron chi connectivity index (χ4n) is 2.36. The van der Waals surface area contributed by atoms with Gasteiger partial charge in [0.1, 0.15) is 0 Å². The molecule has 0 saturated heterocycles. The molecule has 4 atom stereocenters. The summed E-state index contributed by atoms with van der Waals surface area (Å²) < 4.78 is 0. The average molecular weight is 109 g/mol. The van der Waals surface area contributed by atoms with Gasteiger partial charge in [0, 0.05) is 0 Å². The Labute approximate surface area is 51.3 Å². The first-order chi connectivity index (χ1) is 3.84. The molecule has 0 aliphatic heterocycles. The molecule has 0 aromatic carbocycles. The number of hydrogen-bond acceptors (Lipinski definition) is 0. The number of fused-ring (bicyclic) bond motifs is 1. The van der Waals surface area contributed by atoms with Crippen LogP contribution in [-0.2, 0) is 0 Å². The second kappa shape index (κ2) is 1.29. The first-order valence-electron chi connectivity index (χ1n) is 3.64. The molecule has 0 spiro atoms. The highest BCUT2D eigenvalue weighted by molar-refractivity contribution is 5.10. The Hall–Kier alpha value is 0. The van der Waals surface area contributed by atoms with Gasteiger partial charge in [0.05, 0.1) is 0 Å². The predicted molar refractivity (Wildman–Crippen MR) is 34.2 cm³/mol. The standard InChI is InChI=1S/C8H13/c1-3-6-5(2)7-4-8(6)7/h3,5-8H,4H2,1-2H3/q-1. The molecule has 2 aliphatic carbocycles. The van der Waals surface area contributed by atoms with Crippen LogP contribution in [0.3, 0.4) is 0 Å². The summed E-state index contributed by atoms with van der Waals surface area (Å²) in [5, 5.41) is 0. The molecule has 46 valence electrons. The van der Waals surface area contributed by atoms with E-state index in [2.05, 4.69) is 20.3 Å². The molecule has 0 heteroatoms. The van der Waals surface area contributed by atoms with Crippen molar-refractivity contribution in [3.8, 4) is 0 Å². The maximum atomic E-state index is 2.39. The summed E-state index contributed by atoms with van der Waals surface area (Å²) in [6.45, 7) is 4.59. The number of rotatable bonds is 1. The van der Waals surface area contributed by atoms with E-state index in [0.717, 1.165) is 23.7 Å². The van der Waals surface area contributed by atoms with E-state index in [-0.39, 0.29) is 0 Å². The SMILES string of the molecule is C[CH-]C1C(C)C2CC12. The zero-order valence-electron chi connectivity index (χ0n) is 5.59. The van der Waals surface area contributed by atoms with E-state index < -0.39 is 0 Å². The van der Waals surface area contributed by atoms with Gasteiger partial charge < -0.3 is 6.42 Å². The average Bonchev–Trinajstić information content (AvgIpc) is 2.44. The Morgan fingerprint density at radius 1 is 1.38 bits per heavy atom. The van der Waals surface area contributed by atoms with Crippen molar-refractivity contribution in [2.75, 3.05) is 0 Å². The molecule has 0 radical (unpaired) electrons. The molecule has 2 aliphatic rings. The molecule has 0 nitrogen and oxygen atoms in total. The molecule has 8 heavy (non-hydrogen) atoms. The summed E-state index contributed by atoms with van der Waals surface area (Å²) >= 11 is 0. The van der Waals surface area contributed by atoms with Crippen LogP contribution in [0.5, 0.6) is 0 Å². The van der Waals surface area contributed by atoms with Gasteiger partial charge in [0.15, 0.2) is 0 Å². The molecule has 0 N–H and O–H groups in total. The van der Waals surface area contributed by atoms with Gasteiger partial charge in [-0.15, -0.1) is 0 Å². The van der Waals surface area contributed by atoms with Gasteiger partial charge in [0.25, 0.3) is 0 Å². The van der Waals surface area contributed by atoms with E-state index in [1.165, 1.54) is 6.42 Å². The molecule has 0 amide bonds. The van der Waals surface area contributed by atoms with E-state index in [1.54, 1.807) is 0 Å². The van der Waals surface area contributed by atoms with Crippen LogP contribution >= 0.6 is 0 Å². The summed E-state index contributed by atoms with van der Waals surface area (Å²) in [6.07, 6.45) is 3.93. The van der Waals surface area contributed by atoms with Crippen molar-refractivity contribution in [3.63, 3.8) is 0 Å². The Balaban J connectivity index is 1.98. The molecular weight excluding hydrogens is 96.1 g/mol. The minimum absolute atomic E-state index is 1.000. The minimum atomic E-state index is 1.000. The highest BCUT2D eigenvalue weighted by atomic mass is 14.6. The highest BCUT2D eigenvalue weighted by Crippen LogP contribution is 2.64. The zero-order chi connectivity index (χ0) is 5.72. The van der Waals surface area contributed by atoms with Crippen LogP contribution in [0.2, 0.25) is 0 Å². The topological polar surface area (TPSA) is 0 Å². The van der Waals surface area contributed by atoms with E-state index in [9.17, 15) is 0 Å². The van der Waals surface area contributed by atoms with Gasteiger partial charge in [-0.05, 0) is 12.3 Å². The van der Waals surface area contributed by atoms with Crippen molar-refractivity contribution in [2.24, 2.45) is 23.7 Å². The van der Waals surface area contributed by atoms with Crippen molar-refractivity contribution in [1.82, 2.24) is 0 Å². The Morgan fingerprint density at radius 2 is 2.12 bits per heavy atom. The van der Waals surface area contributed by atoms with Crippen LogP contribution in [0.4, 0.5) is 0 Å². The molecule has 2 fully saturated rings.